The minimum Gasteiger partial charge on any atom is -0.346 e. The summed E-state index contributed by atoms with van der Waals surface area (Å²) >= 11 is 12.2. The Morgan fingerprint density at radius 2 is 1.96 bits per heavy atom. The first-order valence-electron chi connectivity index (χ1n) is 9.81. The molecule has 0 bridgehead atoms. The van der Waals surface area contributed by atoms with Crippen LogP contribution in [0, 0.1) is 0 Å². The fourth-order valence-corrected chi connectivity index (χ4v) is 4.19. The van der Waals surface area contributed by atoms with Crippen LogP contribution >= 0.6 is 23.2 Å². The quantitative estimate of drug-likeness (QED) is 0.586. The number of nitrogens with zero attached hydrogens (tertiary/aromatic N) is 4. The second-order valence-electron chi connectivity index (χ2n) is 7.81. The van der Waals surface area contributed by atoms with Crippen LogP contribution in [0.2, 0.25) is 10.0 Å². The molecule has 0 amide bonds. The van der Waals surface area contributed by atoms with Gasteiger partial charge in [-0.15, -0.1) is 0 Å². The van der Waals surface area contributed by atoms with Gasteiger partial charge in [-0.05, 0) is 42.7 Å². The molecule has 0 atom stereocenters. The highest BCUT2D eigenvalue weighted by Gasteiger charge is 2.28. The van der Waals surface area contributed by atoms with Gasteiger partial charge in [0.2, 0.25) is 0 Å². The zero-order valence-corrected chi connectivity index (χ0v) is 17.1. The van der Waals surface area contributed by atoms with E-state index in [2.05, 4.69) is 39.0 Å². The Morgan fingerprint density at radius 3 is 2.79 bits per heavy atom. The molecular weight excluding hydrogens is 391 g/mol. The smallest absolute Gasteiger partial charge is 0.131 e. The lowest BCUT2D eigenvalue weighted by molar-refractivity contribution is 0.237. The number of benzene rings is 1. The van der Waals surface area contributed by atoms with Gasteiger partial charge in [0.1, 0.15) is 5.82 Å². The van der Waals surface area contributed by atoms with Crippen LogP contribution in [-0.4, -0.2) is 26.0 Å². The first-order chi connectivity index (χ1) is 13.7. The second-order valence-corrected chi connectivity index (χ2v) is 8.63. The molecule has 0 spiro atoms. The summed E-state index contributed by atoms with van der Waals surface area (Å²) in [6.07, 6.45) is 7.68. The molecule has 28 heavy (non-hydrogen) atoms. The predicted octanol–water partition coefficient (Wildman–Crippen LogP) is 5.07. The Bertz CT molecular complexity index is 1010. The van der Waals surface area contributed by atoms with Gasteiger partial charge in [-0.2, -0.15) is 0 Å². The first-order valence-corrected chi connectivity index (χ1v) is 10.6. The van der Waals surface area contributed by atoms with E-state index >= 15 is 0 Å². The van der Waals surface area contributed by atoms with E-state index in [0.717, 1.165) is 44.0 Å². The van der Waals surface area contributed by atoms with Gasteiger partial charge < -0.3 is 4.57 Å². The molecule has 144 valence electrons. The maximum absolute atomic E-state index is 6.17. The summed E-state index contributed by atoms with van der Waals surface area (Å²) in [5.41, 5.74) is 4.97. The molecule has 1 fully saturated rings. The van der Waals surface area contributed by atoms with Crippen molar-refractivity contribution in [3.8, 4) is 0 Å². The third-order valence-electron chi connectivity index (χ3n) is 5.62. The highest BCUT2D eigenvalue weighted by molar-refractivity contribution is 6.42. The van der Waals surface area contributed by atoms with Gasteiger partial charge in [-0.3, -0.25) is 4.90 Å². The van der Waals surface area contributed by atoms with Crippen LogP contribution in [0.15, 0.2) is 42.7 Å². The van der Waals surface area contributed by atoms with Crippen molar-refractivity contribution in [2.24, 2.45) is 0 Å². The Kier molecular flexibility index (Phi) is 4.87. The van der Waals surface area contributed by atoms with E-state index in [1.165, 1.54) is 29.8 Å². The number of hydrogen-bond acceptors (Lipinski definition) is 3. The zero-order valence-electron chi connectivity index (χ0n) is 15.6. The summed E-state index contributed by atoms with van der Waals surface area (Å²) in [5.74, 6) is 1.68. The third kappa shape index (κ3) is 3.82. The van der Waals surface area contributed by atoms with Crippen LogP contribution < -0.4 is 0 Å². The third-order valence-corrected chi connectivity index (χ3v) is 6.36. The molecule has 4 nitrogen and oxygen atoms in total. The van der Waals surface area contributed by atoms with Crippen LogP contribution in [0.5, 0.6) is 0 Å². The van der Waals surface area contributed by atoms with Gasteiger partial charge in [0, 0.05) is 67.9 Å². The highest BCUT2D eigenvalue weighted by atomic mass is 35.5. The van der Waals surface area contributed by atoms with Gasteiger partial charge in [-0.1, -0.05) is 29.3 Å². The molecule has 3 aromatic rings. The monoisotopic (exact) mass is 412 g/mol. The molecule has 1 saturated carbocycles. The minimum absolute atomic E-state index is 0.595. The van der Waals surface area contributed by atoms with E-state index in [-0.39, 0.29) is 0 Å². The normalized spacial score (nSPS) is 16.9. The van der Waals surface area contributed by atoms with Crippen molar-refractivity contribution in [3.05, 3.63) is 81.1 Å². The average molecular weight is 413 g/mol. The SMILES string of the molecule is Clc1ccc(Cn2cccc2CN2CCc3nc(C4CC4)ncc3C2)cc1Cl. The van der Waals surface area contributed by atoms with E-state index in [0.29, 0.717) is 16.0 Å². The number of rotatable bonds is 5. The van der Waals surface area contributed by atoms with Gasteiger partial charge >= 0.3 is 0 Å². The first kappa shape index (κ1) is 18.2. The topological polar surface area (TPSA) is 34.0 Å². The molecule has 5 rings (SSSR count). The largest absolute Gasteiger partial charge is 0.346 e. The molecule has 2 aliphatic rings. The molecular formula is C22H22Cl2N4. The molecule has 1 aromatic carbocycles. The molecule has 0 N–H and O–H groups in total. The molecule has 0 saturated heterocycles. The lowest BCUT2D eigenvalue weighted by atomic mass is 10.1. The van der Waals surface area contributed by atoms with Gasteiger partial charge in [0.05, 0.1) is 10.0 Å². The highest BCUT2D eigenvalue weighted by Crippen LogP contribution is 2.38. The second kappa shape index (κ2) is 7.51. The molecule has 6 heteroatoms. The summed E-state index contributed by atoms with van der Waals surface area (Å²) < 4.78 is 2.28. The maximum Gasteiger partial charge on any atom is 0.131 e. The standard InChI is InChI=1S/C22H22Cl2N4/c23-19-6-3-15(10-20(19)24)12-28-8-1-2-18(28)14-27-9-7-21-17(13-27)11-25-22(26-21)16-4-5-16/h1-3,6,8,10-11,16H,4-5,7,9,12-14H2. The van der Waals surface area contributed by atoms with Crippen LogP contribution in [0.1, 0.15) is 47.1 Å². The Hall–Kier alpha value is -1.88. The van der Waals surface area contributed by atoms with Crippen molar-refractivity contribution in [2.45, 2.75) is 44.8 Å². The summed E-state index contributed by atoms with van der Waals surface area (Å²) in [6, 6.07) is 10.1. The van der Waals surface area contributed by atoms with Crippen LogP contribution in [-0.2, 0) is 26.1 Å². The van der Waals surface area contributed by atoms with E-state index in [1.54, 1.807) is 0 Å². The van der Waals surface area contributed by atoms with Crippen LogP contribution in [0.25, 0.3) is 0 Å². The van der Waals surface area contributed by atoms with E-state index in [4.69, 9.17) is 28.2 Å². The fourth-order valence-electron chi connectivity index (χ4n) is 3.87. The molecule has 0 unspecified atom stereocenters. The number of aromatic nitrogens is 3. The molecule has 2 aromatic heterocycles. The number of hydrogen-bond donors (Lipinski definition) is 0. The summed E-state index contributed by atoms with van der Waals surface area (Å²) in [6.45, 7) is 3.65. The van der Waals surface area contributed by atoms with Crippen molar-refractivity contribution in [1.82, 2.24) is 19.4 Å². The van der Waals surface area contributed by atoms with Crippen LogP contribution in [0.3, 0.4) is 0 Å². The average Bonchev–Trinajstić information content (AvgIpc) is 3.46. The Morgan fingerprint density at radius 1 is 1.07 bits per heavy atom. The van der Waals surface area contributed by atoms with Crippen molar-refractivity contribution >= 4 is 23.2 Å². The van der Waals surface area contributed by atoms with Gasteiger partial charge in [-0.25, -0.2) is 9.97 Å². The van der Waals surface area contributed by atoms with Crippen molar-refractivity contribution in [1.29, 1.82) is 0 Å². The van der Waals surface area contributed by atoms with Crippen molar-refractivity contribution in [2.75, 3.05) is 6.54 Å². The van der Waals surface area contributed by atoms with Gasteiger partial charge in [0.15, 0.2) is 0 Å². The zero-order chi connectivity index (χ0) is 19.1. The molecule has 3 heterocycles. The van der Waals surface area contributed by atoms with Crippen molar-refractivity contribution in [3.63, 3.8) is 0 Å². The summed E-state index contributed by atoms with van der Waals surface area (Å²) in [5, 5.41) is 1.20. The minimum atomic E-state index is 0.595. The maximum atomic E-state index is 6.17. The summed E-state index contributed by atoms with van der Waals surface area (Å²) in [4.78, 5) is 11.9. The molecule has 0 radical (unpaired) electrons. The lowest BCUT2D eigenvalue weighted by Crippen LogP contribution is -2.31. The van der Waals surface area contributed by atoms with Crippen LogP contribution in [0.4, 0.5) is 0 Å². The van der Waals surface area contributed by atoms with E-state index in [1.807, 2.05) is 18.2 Å². The number of halogens is 2. The molecule has 1 aliphatic heterocycles. The van der Waals surface area contributed by atoms with Crippen molar-refractivity contribution < 1.29 is 0 Å². The summed E-state index contributed by atoms with van der Waals surface area (Å²) in [7, 11) is 0. The lowest BCUT2D eigenvalue weighted by Gasteiger charge is -2.28. The Labute approximate surface area is 175 Å². The predicted molar refractivity (Wildman–Crippen MR) is 112 cm³/mol. The fraction of sp³-hybridized carbons (Fsp3) is 0.364. The van der Waals surface area contributed by atoms with Gasteiger partial charge in [0.25, 0.3) is 0 Å². The van der Waals surface area contributed by atoms with E-state index in [9.17, 15) is 0 Å². The van der Waals surface area contributed by atoms with E-state index < -0.39 is 0 Å². The molecule has 1 aliphatic carbocycles. The Balaban J connectivity index is 1.28. The number of fused-ring (bicyclic) bond motifs is 1.